The van der Waals surface area contributed by atoms with Crippen molar-refractivity contribution in [2.75, 3.05) is 16.8 Å². The molecule has 146 valence electrons. The highest BCUT2D eigenvalue weighted by atomic mass is 16.2. The Kier molecular flexibility index (Phi) is 5.29. The fourth-order valence-corrected chi connectivity index (χ4v) is 3.59. The molecule has 0 saturated carbocycles. The molecule has 5 heteroatoms. The number of fused-ring (bicyclic) bond motifs is 1. The number of hydrogen-bond donors (Lipinski definition) is 2. The Morgan fingerprint density at radius 1 is 0.897 bits per heavy atom. The highest BCUT2D eigenvalue weighted by Gasteiger charge is 2.32. The maximum atomic E-state index is 13.4. The second-order valence-electron chi connectivity index (χ2n) is 7.18. The quantitative estimate of drug-likeness (QED) is 0.697. The van der Waals surface area contributed by atoms with Crippen LogP contribution in [0.15, 0.2) is 78.9 Å². The lowest BCUT2D eigenvalue weighted by atomic mass is 10.1. The van der Waals surface area contributed by atoms with E-state index in [1.165, 1.54) is 0 Å². The fraction of sp³-hybridized carbons (Fsp3) is 0.167. The summed E-state index contributed by atoms with van der Waals surface area (Å²) in [4.78, 5) is 27.8. The SMILES string of the molecule is Cc1ccc(NC(=O)NC(C(=O)N2CCc3ccccc32)c2ccccc2)cc1. The molecule has 0 bridgehead atoms. The van der Waals surface area contributed by atoms with Crippen LogP contribution in [0.3, 0.4) is 0 Å². The minimum atomic E-state index is -0.771. The number of aryl methyl sites for hydroxylation is 1. The van der Waals surface area contributed by atoms with Crippen molar-refractivity contribution in [2.24, 2.45) is 0 Å². The van der Waals surface area contributed by atoms with Gasteiger partial charge in [-0.05, 0) is 42.7 Å². The maximum Gasteiger partial charge on any atom is 0.320 e. The molecular formula is C24H23N3O2. The normalized spacial score (nSPS) is 13.5. The van der Waals surface area contributed by atoms with E-state index >= 15 is 0 Å². The molecule has 0 fully saturated rings. The van der Waals surface area contributed by atoms with Gasteiger partial charge in [-0.1, -0.05) is 66.2 Å². The molecule has 3 amide bonds. The third kappa shape index (κ3) is 4.14. The van der Waals surface area contributed by atoms with Gasteiger partial charge in [0.15, 0.2) is 0 Å². The molecule has 1 unspecified atom stereocenters. The number of urea groups is 1. The van der Waals surface area contributed by atoms with Gasteiger partial charge < -0.3 is 15.5 Å². The van der Waals surface area contributed by atoms with Crippen LogP contribution in [0.2, 0.25) is 0 Å². The van der Waals surface area contributed by atoms with Gasteiger partial charge in [0.05, 0.1) is 0 Å². The molecule has 3 aromatic rings. The molecule has 3 aromatic carbocycles. The third-order valence-corrected chi connectivity index (χ3v) is 5.12. The van der Waals surface area contributed by atoms with Crippen LogP contribution in [-0.4, -0.2) is 18.5 Å². The smallest absolute Gasteiger partial charge is 0.320 e. The van der Waals surface area contributed by atoms with Crippen LogP contribution in [0, 0.1) is 6.92 Å². The Morgan fingerprint density at radius 3 is 2.34 bits per heavy atom. The maximum absolute atomic E-state index is 13.4. The lowest BCUT2D eigenvalue weighted by molar-refractivity contribution is -0.120. The standard InChI is InChI=1S/C24H23N3O2/c1-17-11-13-20(14-12-17)25-24(29)26-22(19-8-3-2-4-9-19)23(28)27-16-15-18-7-5-6-10-21(18)27/h2-14,22H,15-16H2,1H3,(H2,25,26,29). The zero-order chi connectivity index (χ0) is 20.2. The molecular weight excluding hydrogens is 362 g/mol. The Balaban J connectivity index is 1.56. The van der Waals surface area contributed by atoms with Gasteiger partial charge >= 0.3 is 6.03 Å². The first-order chi connectivity index (χ1) is 14.1. The Hall–Kier alpha value is -3.60. The monoisotopic (exact) mass is 385 g/mol. The van der Waals surface area contributed by atoms with Crippen LogP contribution in [0.25, 0.3) is 0 Å². The van der Waals surface area contributed by atoms with E-state index in [9.17, 15) is 9.59 Å². The topological polar surface area (TPSA) is 61.4 Å². The van der Waals surface area contributed by atoms with Gasteiger partial charge in [-0.25, -0.2) is 4.79 Å². The summed E-state index contributed by atoms with van der Waals surface area (Å²) in [6.45, 7) is 2.60. The van der Waals surface area contributed by atoms with Crippen LogP contribution in [0.5, 0.6) is 0 Å². The number of amides is 3. The molecule has 1 aliphatic heterocycles. The van der Waals surface area contributed by atoms with Crippen LogP contribution >= 0.6 is 0 Å². The number of carbonyl (C=O) groups excluding carboxylic acids is 2. The average molecular weight is 385 g/mol. The molecule has 2 N–H and O–H groups in total. The van der Waals surface area contributed by atoms with Gasteiger partial charge in [0.25, 0.3) is 5.91 Å². The highest BCUT2D eigenvalue weighted by Crippen LogP contribution is 2.30. The third-order valence-electron chi connectivity index (χ3n) is 5.12. The largest absolute Gasteiger partial charge is 0.322 e. The van der Waals surface area contributed by atoms with E-state index in [1.807, 2.05) is 85.8 Å². The summed E-state index contributed by atoms with van der Waals surface area (Å²) in [5, 5.41) is 5.68. The molecule has 0 radical (unpaired) electrons. The van der Waals surface area contributed by atoms with E-state index in [4.69, 9.17) is 0 Å². The van der Waals surface area contributed by atoms with E-state index in [1.54, 1.807) is 4.90 Å². The predicted molar refractivity (Wildman–Crippen MR) is 115 cm³/mol. The van der Waals surface area contributed by atoms with Gasteiger partial charge in [-0.2, -0.15) is 0 Å². The van der Waals surface area contributed by atoms with E-state index in [0.29, 0.717) is 12.2 Å². The number of anilines is 2. The molecule has 4 rings (SSSR count). The summed E-state index contributed by atoms with van der Waals surface area (Å²) < 4.78 is 0. The summed E-state index contributed by atoms with van der Waals surface area (Å²) in [5.41, 5.74) is 4.61. The van der Waals surface area contributed by atoms with E-state index < -0.39 is 12.1 Å². The van der Waals surface area contributed by atoms with Gasteiger partial charge in [0.1, 0.15) is 6.04 Å². The van der Waals surface area contributed by atoms with Crippen LogP contribution in [0.4, 0.5) is 16.2 Å². The fourth-order valence-electron chi connectivity index (χ4n) is 3.59. The van der Waals surface area contributed by atoms with Gasteiger partial charge in [-0.15, -0.1) is 0 Å². The van der Waals surface area contributed by atoms with E-state index in [-0.39, 0.29) is 5.91 Å². The number of para-hydroxylation sites is 1. The van der Waals surface area contributed by atoms with Crippen molar-refractivity contribution in [3.8, 4) is 0 Å². The predicted octanol–water partition coefficient (Wildman–Crippen LogP) is 4.45. The minimum absolute atomic E-state index is 0.139. The minimum Gasteiger partial charge on any atom is -0.322 e. The van der Waals surface area contributed by atoms with Gasteiger partial charge in [0, 0.05) is 17.9 Å². The number of hydrogen-bond acceptors (Lipinski definition) is 2. The molecule has 1 aliphatic rings. The average Bonchev–Trinajstić information content (AvgIpc) is 3.18. The zero-order valence-corrected chi connectivity index (χ0v) is 16.3. The molecule has 5 nitrogen and oxygen atoms in total. The van der Waals surface area contributed by atoms with Gasteiger partial charge in [0.2, 0.25) is 0 Å². The Morgan fingerprint density at radius 2 is 1.59 bits per heavy atom. The number of nitrogens with one attached hydrogen (secondary N) is 2. The van der Waals surface area contributed by atoms with Crippen molar-refractivity contribution in [3.63, 3.8) is 0 Å². The molecule has 29 heavy (non-hydrogen) atoms. The number of nitrogens with zero attached hydrogens (tertiary/aromatic N) is 1. The molecule has 1 heterocycles. The van der Waals surface area contributed by atoms with Crippen molar-refractivity contribution in [1.82, 2.24) is 5.32 Å². The summed E-state index contributed by atoms with van der Waals surface area (Å²) in [7, 11) is 0. The first kappa shape index (κ1) is 18.7. The molecule has 0 aromatic heterocycles. The molecule has 0 aliphatic carbocycles. The lowest BCUT2D eigenvalue weighted by Gasteiger charge is -2.25. The summed E-state index contributed by atoms with van der Waals surface area (Å²) in [5.74, 6) is -0.139. The Bertz CT molecular complexity index is 1020. The number of rotatable bonds is 4. The summed E-state index contributed by atoms with van der Waals surface area (Å²) in [6.07, 6.45) is 0.818. The second-order valence-corrected chi connectivity index (χ2v) is 7.18. The van der Waals surface area contributed by atoms with Crippen molar-refractivity contribution in [2.45, 2.75) is 19.4 Å². The number of carbonyl (C=O) groups is 2. The van der Waals surface area contributed by atoms with Crippen molar-refractivity contribution in [1.29, 1.82) is 0 Å². The first-order valence-electron chi connectivity index (χ1n) is 9.70. The van der Waals surface area contributed by atoms with Crippen LogP contribution in [-0.2, 0) is 11.2 Å². The molecule has 0 saturated heterocycles. The van der Waals surface area contributed by atoms with E-state index in [2.05, 4.69) is 10.6 Å². The number of benzene rings is 3. The molecule has 0 spiro atoms. The summed E-state index contributed by atoms with van der Waals surface area (Å²) >= 11 is 0. The molecule has 1 atom stereocenters. The van der Waals surface area contributed by atoms with Gasteiger partial charge in [-0.3, -0.25) is 4.79 Å². The van der Waals surface area contributed by atoms with Crippen molar-refractivity contribution in [3.05, 3.63) is 95.6 Å². The van der Waals surface area contributed by atoms with Crippen LogP contribution < -0.4 is 15.5 Å². The highest BCUT2D eigenvalue weighted by molar-refractivity contribution is 6.02. The lowest BCUT2D eigenvalue weighted by Crippen LogP contribution is -2.43. The van der Waals surface area contributed by atoms with Crippen molar-refractivity contribution < 1.29 is 9.59 Å². The Labute approximate surface area is 170 Å². The second kappa shape index (κ2) is 8.19. The first-order valence-corrected chi connectivity index (χ1v) is 9.70. The van der Waals surface area contributed by atoms with Crippen LogP contribution in [0.1, 0.15) is 22.7 Å². The van der Waals surface area contributed by atoms with E-state index in [0.717, 1.165) is 28.8 Å². The summed E-state index contributed by atoms with van der Waals surface area (Å²) in [6, 6.07) is 23.6. The zero-order valence-electron chi connectivity index (χ0n) is 16.3. The van der Waals surface area contributed by atoms with Crippen molar-refractivity contribution >= 4 is 23.3 Å².